The molecule has 1 fully saturated rings. The molecule has 0 bridgehead atoms. The van der Waals surface area contributed by atoms with Crippen molar-refractivity contribution in [2.45, 2.75) is 0 Å². The fraction of sp³-hybridized carbons (Fsp3) is 0.800. The minimum Gasteiger partial charge on any atom is -0.381 e. The molecule has 0 spiro atoms. The molecule has 3 nitrogen and oxygen atoms in total. The van der Waals surface area contributed by atoms with Crippen LogP contribution in [0.2, 0.25) is 0 Å². The molecule has 0 aromatic rings. The van der Waals surface area contributed by atoms with Crippen LogP contribution in [0.3, 0.4) is 0 Å². The van der Waals surface area contributed by atoms with E-state index in [0.29, 0.717) is 5.92 Å². The van der Waals surface area contributed by atoms with Crippen molar-refractivity contribution in [3.8, 4) is 0 Å². The second-order valence-corrected chi connectivity index (χ2v) is 1.92. The predicted octanol–water partition coefficient (Wildman–Crippen LogP) is -0.162. The first kappa shape index (κ1) is 5.56. The average molecular weight is 114 g/mol. The van der Waals surface area contributed by atoms with Gasteiger partial charge in [0.2, 0.25) is 0 Å². The van der Waals surface area contributed by atoms with Gasteiger partial charge in [0.15, 0.2) is 0 Å². The zero-order valence-corrected chi connectivity index (χ0v) is 4.76. The first-order valence-corrected chi connectivity index (χ1v) is 2.70. The molecule has 0 amide bonds. The number of hydrogen-bond acceptors (Lipinski definition) is 3. The molecule has 0 aromatic carbocycles. The van der Waals surface area contributed by atoms with Gasteiger partial charge >= 0.3 is 0 Å². The first-order chi connectivity index (χ1) is 3.93. The molecule has 1 aliphatic rings. The maximum absolute atomic E-state index is 4.93. The van der Waals surface area contributed by atoms with Crippen LogP contribution in [0.15, 0.2) is 5.10 Å². The molecular formula is C5H10N2O. The molecule has 0 unspecified atom stereocenters. The van der Waals surface area contributed by atoms with Crippen molar-refractivity contribution in [3.63, 3.8) is 0 Å². The Morgan fingerprint density at radius 1 is 1.75 bits per heavy atom. The summed E-state index contributed by atoms with van der Waals surface area (Å²) in [5.41, 5.74) is 2.78. The lowest BCUT2D eigenvalue weighted by molar-refractivity contribution is -0.0304. The molecule has 1 heterocycles. The van der Waals surface area contributed by atoms with E-state index in [-0.39, 0.29) is 0 Å². The first-order valence-electron chi connectivity index (χ1n) is 2.70. The van der Waals surface area contributed by atoms with E-state index in [9.17, 15) is 0 Å². The van der Waals surface area contributed by atoms with E-state index in [1.807, 2.05) is 0 Å². The fourth-order valence-electron chi connectivity index (χ4n) is 0.596. The van der Waals surface area contributed by atoms with Gasteiger partial charge in [-0.3, -0.25) is 0 Å². The molecule has 0 atom stereocenters. The van der Waals surface area contributed by atoms with Gasteiger partial charge in [-0.15, -0.1) is 0 Å². The summed E-state index contributed by atoms with van der Waals surface area (Å²) in [6.45, 7) is 5.95. The minimum absolute atomic E-state index is 0.667. The van der Waals surface area contributed by atoms with Crippen LogP contribution in [-0.4, -0.2) is 26.5 Å². The molecular weight excluding hydrogens is 104 g/mol. The lowest BCUT2D eigenvalue weighted by atomic mass is 10.1. The van der Waals surface area contributed by atoms with Gasteiger partial charge in [0, 0.05) is 19.2 Å². The number of ether oxygens (including phenoxy) is 1. The Balaban J connectivity index is 1.93. The van der Waals surface area contributed by atoms with Gasteiger partial charge in [0.05, 0.1) is 13.2 Å². The minimum atomic E-state index is 0.667. The quantitative estimate of drug-likeness (QED) is 0.408. The molecule has 1 saturated heterocycles. The zero-order valence-electron chi connectivity index (χ0n) is 4.76. The Kier molecular flexibility index (Phi) is 1.86. The van der Waals surface area contributed by atoms with Crippen molar-refractivity contribution in [2.24, 2.45) is 11.0 Å². The Labute approximate surface area is 48.7 Å². The third-order valence-corrected chi connectivity index (χ3v) is 1.20. The van der Waals surface area contributed by atoms with E-state index >= 15 is 0 Å². The number of hydrogen-bond donors (Lipinski definition) is 1. The summed E-state index contributed by atoms with van der Waals surface area (Å²) >= 11 is 0. The van der Waals surface area contributed by atoms with E-state index in [2.05, 4.69) is 17.2 Å². The van der Waals surface area contributed by atoms with Gasteiger partial charge in [0.25, 0.3) is 0 Å². The van der Waals surface area contributed by atoms with Gasteiger partial charge in [-0.1, -0.05) is 0 Å². The van der Waals surface area contributed by atoms with Crippen molar-refractivity contribution in [3.05, 3.63) is 0 Å². The smallest absolute Gasteiger partial charge is 0.0534 e. The van der Waals surface area contributed by atoms with Gasteiger partial charge in [0.1, 0.15) is 0 Å². The summed E-state index contributed by atoms with van der Waals surface area (Å²) in [6.07, 6.45) is 0. The third-order valence-electron chi connectivity index (χ3n) is 1.20. The highest BCUT2D eigenvalue weighted by Gasteiger charge is 2.16. The monoisotopic (exact) mass is 114 g/mol. The molecule has 0 saturated carbocycles. The van der Waals surface area contributed by atoms with Gasteiger partial charge < -0.3 is 10.2 Å². The Bertz CT molecular complexity index is 80.5. The van der Waals surface area contributed by atoms with Crippen molar-refractivity contribution < 1.29 is 4.74 Å². The van der Waals surface area contributed by atoms with Crippen LogP contribution in [0, 0.1) is 5.92 Å². The Hall–Kier alpha value is -0.570. The van der Waals surface area contributed by atoms with Gasteiger partial charge in [-0.25, -0.2) is 0 Å². The average Bonchev–Trinajstić information content (AvgIpc) is 1.63. The second kappa shape index (κ2) is 2.67. The summed E-state index contributed by atoms with van der Waals surface area (Å²) in [5, 5.41) is 3.50. The molecule has 1 rings (SSSR count). The topological polar surface area (TPSA) is 33.6 Å². The molecule has 46 valence electrons. The van der Waals surface area contributed by atoms with E-state index in [0.717, 1.165) is 19.8 Å². The standard InChI is InChI=1S/C5H10N2O/c1-6-7-2-5-3-8-4-5/h5,7H,1-4H2. The summed E-state index contributed by atoms with van der Waals surface area (Å²) in [4.78, 5) is 0. The van der Waals surface area contributed by atoms with Gasteiger partial charge in [-0.2, -0.15) is 5.10 Å². The highest BCUT2D eigenvalue weighted by Crippen LogP contribution is 2.06. The van der Waals surface area contributed by atoms with Gasteiger partial charge in [-0.05, 0) is 0 Å². The lowest BCUT2D eigenvalue weighted by Gasteiger charge is -2.24. The number of rotatable bonds is 3. The summed E-state index contributed by atoms with van der Waals surface area (Å²) in [7, 11) is 0. The van der Waals surface area contributed by atoms with E-state index < -0.39 is 0 Å². The summed E-state index contributed by atoms with van der Waals surface area (Å²) < 4.78 is 4.93. The SMILES string of the molecule is C=NNCC1COC1. The van der Waals surface area contributed by atoms with E-state index in [4.69, 9.17) is 4.74 Å². The van der Waals surface area contributed by atoms with Crippen LogP contribution < -0.4 is 5.43 Å². The molecule has 3 heteroatoms. The second-order valence-electron chi connectivity index (χ2n) is 1.92. The molecule has 1 N–H and O–H groups in total. The van der Waals surface area contributed by atoms with Crippen LogP contribution in [0.4, 0.5) is 0 Å². The Morgan fingerprint density at radius 3 is 2.88 bits per heavy atom. The van der Waals surface area contributed by atoms with Crippen molar-refractivity contribution in [1.29, 1.82) is 0 Å². The fourth-order valence-corrected chi connectivity index (χ4v) is 0.596. The van der Waals surface area contributed by atoms with E-state index in [1.54, 1.807) is 0 Å². The van der Waals surface area contributed by atoms with E-state index in [1.165, 1.54) is 0 Å². The predicted molar refractivity (Wildman–Crippen MR) is 31.9 cm³/mol. The molecule has 1 aliphatic heterocycles. The largest absolute Gasteiger partial charge is 0.381 e. The highest BCUT2D eigenvalue weighted by atomic mass is 16.5. The molecule has 8 heavy (non-hydrogen) atoms. The van der Waals surface area contributed by atoms with Crippen LogP contribution in [0.1, 0.15) is 0 Å². The zero-order chi connectivity index (χ0) is 5.82. The maximum Gasteiger partial charge on any atom is 0.0534 e. The number of nitrogens with one attached hydrogen (secondary N) is 1. The van der Waals surface area contributed by atoms with Crippen molar-refractivity contribution in [1.82, 2.24) is 5.43 Å². The Morgan fingerprint density at radius 2 is 2.50 bits per heavy atom. The van der Waals surface area contributed by atoms with Crippen LogP contribution in [0.25, 0.3) is 0 Å². The highest BCUT2D eigenvalue weighted by molar-refractivity contribution is 5.22. The summed E-state index contributed by atoms with van der Waals surface area (Å²) in [6, 6.07) is 0. The third kappa shape index (κ3) is 1.20. The molecule has 0 aromatic heterocycles. The van der Waals surface area contributed by atoms with Crippen LogP contribution >= 0.6 is 0 Å². The lowest BCUT2D eigenvalue weighted by Crippen LogP contribution is -2.34. The van der Waals surface area contributed by atoms with Crippen molar-refractivity contribution in [2.75, 3.05) is 19.8 Å². The normalized spacial score (nSPS) is 19.5. The molecule has 0 aliphatic carbocycles. The summed E-state index contributed by atoms with van der Waals surface area (Å²) in [5.74, 6) is 0.667. The van der Waals surface area contributed by atoms with Crippen LogP contribution in [0.5, 0.6) is 0 Å². The molecule has 0 radical (unpaired) electrons. The van der Waals surface area contributed by atoms with Crippen LogP contribution in [-0.2, 0) is 4.74 Å². The number of nitrogens with zero attached hydrogens (tertiary/aromatic N) is 1. The van der Waals surface area contributed by atoms with Crippen molar-refractivity contribution >= 4 is 6.72 Å². The number of hydrazone groups is 1. The maximum atomic E-state index is 4.93.